The molecular weight excluding hydrogens is 354 g/mol. The van der Waals surface area contributed by atoms with E-state index in [0.717, 1.165) is 12.0 Å². The molecule has 0 spiro atoms. The number of rotatable bonds is 9. The van der Waals surface area contributed by atoms with Crippen molar-refractivity contribution in [1.29, 1.82) is 0 Å². The normalized spacial score (nSPS) is 12.4. The van der Waals surface area contributed by atoms with Crippen molar-refractivity contribution in [2.24, 2.45) is 5.92 Å². The fraction of sp³-hybridized carbons (Fsp3) is 0.500. The van der Waals surface area contributed by atoms with E-state index < -0.39 is 0 Å². The fourth-order valence-corrected chi connectivity index (χ4v) is 3.34. The van der Waals surface area contributed by atoms with Gasteiger partial charge in [0.1, 0.15) is 0 Å². The van der Waals surface area contributed by atoms with Crippen LogP contribution in [-0.4, -0.2) is 28.1 Å². The van der Waals surface area contributed by atoms with E-state index in [-0.39, 0.29) is 17.7 Å². The zero-order valence-corrected chi connectivity index (χ0v) is 16.7. The first-order valence-corrected chi connectivity index (χ1v) is 10.7. The van der Waals surface area contributed by atoms with E-state index in [1.165, 1.54) is 17.3 Å². The molecule has 7 heteroatoms. The maximum Gasteiger partial charge on any atom is 0.277 e. The fourth-order valence-electron chi connectivity index (χ4n) is 2.39. The van der Waals surface area contributed by atoms with Crippen LogP contribution in [0.4, 0.5) is 0 Å². The molecule has 1 heterocycles. The Hall–Kier alpha value is -1.47. The summed E-state index contributed by atoms with van der Waals surface area (Å²) in [4.78, 5) is 12.1. The summed E-state index contributed by atoms with van der Waals surface area (Å²) in [5.41, 5.74) is 2.43. The smallest absolute Gasteiger partial charge is 0.277 e. The van der Waals surface area contributed by atoms with Gasteiger partial charge in [-0.15, -0.1) is 10.2 Å². The summed E-state index contributed by atoms with van der Waals surface area (Å²) in [5, 5.41) is 11.3. The van der Waals surface area contributed by atoms with E-state index in [9.17, 15) is 4.79 Å². The lowest BCUT2D eigenvalue weighted by molar-refractivity contribution is -0.119. The van der Waals surface area contributed by atoms with Gasteiger partial charge in [-0.2, -0.15) is 11.8 Å². The molecule has 1 N–H and O–H groups in total. The van der Waals surface area contributed by atoms with Gasteiger partial charge in [0.15, 0.2) is 0 Å². The second-order valence-electron chi connectivity index (χ2n) is 6.31. The molecule has 136 valence electrons. The summed E-state index contributed by atoms with van der Waals surface area (Å²) in [6.45, 7) is 6.41. The SMILES string of the molecule is CSCc1nnc(SCC(=O)NC(C)c2ccc(CC(C)C)cc2)o1. The molecule has 1 atom stereocenters. The molecule has 5 nitrogen and oxygen atoms in total. The molecule has 0 fully saturated rings. The van der Waals surface area contributed by atoms with Gasteiger partial charge in [-0.05, 0) is 36.6 Å². The van der Waals surface area contributed by atoms with Crippen LogP contribution in [0.2, 0.25) is 0 Å². The molecule has 0 bridgehead atoms. The first-order chi connectivity index (χ1) is 12.0. The highest BCUT2D eigenvalue weighted by Gasteiger charge is 2.13. The minimum atomic E-state index is -0.0478. The lowest BCUT2D eigenvalue weighted by Crippen LogP contribution is -2.28. The van der Waals surface area contributed by atoms with Crippen molar-refractivity contribution in [2.75, 3.05) is 12.0 Å². The number of carbonyl (C=O) groups is 1. The third-order valence-corrected chi connectivity index (χ3v) is 4.90. The van der Waals surface area contributed by atoms with Crippen LogP contribution >= 0.6 is 23.5 Å². The number of amides is 1. The molecule has 0 radical (unpaired) electrons. The van der Waals surface area contributed by atoms with E-state index in [2.05, 4.69) is 53.6 Å². The van der Waals surface area contributed by atoms with Gasteiger partial charge >= 0.3 is 0 Å². The van der Waals surface area contributed by atoms with Crippen molar-refractivity contribution in [3.05, 3.63) is 41.3 Å². The van der Waals surface area contributed by atoms with Crippen molar-refractivity contribution in [3.63, 3.8) is 0 Å². The molecule has 1 unspecified atom stereocenters. The van der Waals surface area contributed by atoms with E-state index in [4.69, 9.17) is 4.42 Å². The summed E-state index contributed by atoms with van der Waals surface area (Å²) in [7, 11) is 0. The Balaban J connectivity index is 1.80. The first-order valence-electron chi connectivity index (χ1n) is 8.30. The van der Waals surface area contributed by atoms with Crippen molar-refractivity contribution >= 4 is 29.4 Å². The number of thioether (sulfide) groups is 2. The molecule has 0 saturated heterocycles. The van der Waals surface area contributed by atoms with Crippen molar-refractivity contribution < 1.29 is 9.21 Å². The minimum Gasteiger partial charge on any atom is -0.415 e. The molecular formula is C18H25N3O2S2. The van der Waals surface area contributed by atoms with Crippen LogP contribution in [0.15, 0.2) is 33.9 Å². The summed E-state index contributed by atoms with van der Waals surface area (Å²) >= 11 is 2.88. The highest BCUT2D eigenvalue weighted by Crippen LogP contribution is 2.19. The maximum absolute atomic E-state index is 12.1. The minimum absolute atomic E-state index is 0.0315. The van der Waals surface area contributed by atoms with Crippen molar-refractivity contribution in [3.8, 4) is 0 Å². The van der Waals surface area contributed by atoms with Crippen LogP contribution in [-0.2, 0) is 17.0 Å². The third-order valence-electron chi connectivity index (χ3n) is 3.54. The molecule has 25 heavy (non-hydrogen) atoms. The predicted octanol–water partition coefficient (Wildman–Crippen LogP) is 4.10. The Morgan fingerprint density at radius 3 is 2.56 bits per heavy atom. The van der Waals surface area contributed by atoms with Gasteiger partial charge in [-0.1, -0.05) is 49.9 Å². The van der Waals surface area contributed by atoms with Crippen LogP contribution in [0.1, 0.15) is 43.8 Å². The number of hydrogen-bond acceptors (Lipinski definition) is 6. The third kappa shape index (κ3) is 6.74. The predicted molar refractivity (Wildman–Crippen MR) is 104 cm³/mol. The zero-order valence-electron chi connectivity index (χ0n) is 15.1. The Bertz CT molecular complexity index is 671. The van der Waals surface area contributed by atoms with E-state index in [1.807, 2.05) is 13.2 Å². The van der Waals surface area contributed by atoms with Crippen molar-refractivity contribution in [2.45, 2.75) is 44.2 Å². The Morgan fingerprint density at radius 1 is 1.20 bits per heavy atom. The lowest BCUT2D eigenvalue weighted by Gasteiger charge is -2.15. The first kappa shape index (κ1) is 19.8. The number of hydrogen-bond donors (Lipinski definition) is 1. The van der Waals surface area contributed by atoms with E-state index >= 15 is 0 Å². The number of benzene rings is 1. The van der Waals surface area contributed by atoms with Crippen LogP contribution < -0.4 is 5.32 Å². The molecule has 0 aliphatic rings. The Labute approximate surface area is 157 Å². The largest absolute Gasteiger partial charge is 0.415 e. The number of nitrogens with one attached hydrogen (secondary N) is 1. The molecule has 1 aromatic heterocycles. The van der Waals surface area contributed by atoms with Gasteiger partial charge in [0, 0.05) is 0 Å². The maximum atomic E-state index is 12.1. The summed E-state index contributed by atoms with van der Waals surface area (Å²) in [6.07, 6.45) is 3.04. The second-order valence-corrected chi connectivity index (χ2v) is 8.10. The van der Waals surface area contributed by atoms with E-state index in [0.29, 0.717) is 22.8 Å². The van der Waals surface area contributed by atoms with Crippen LogP contribution in [0.25, 0.3) is 0 Å². The van der Waals surface area contributed by atoms with Gasteiger partial charge in [0.2, 0.25) is 11.8 Å². The van der Waals surface area contributed by atoms with Gasteiger partial charge in [0.25, 0.3) is 5.22 Å². The quantitative estimate of drug-likeness (QED) is 0.662. The summed E-state index contributed by atoms with van der Waals surface area (Å²) in [5.74, 6) is 2.13. The van der Waals surface area contributed by atoms with E-state index in [1.54, 1.807) is 11.8 Å². The van der Waals surface area contributed by atoms with Crippen LogP contribution in [0.3, 0.4) is 0 Å². The molecule has 0 aliphatic heterocycles. The Morgan fingerprint density at radius 2 is 1.92 bits per heavy atom. The zero-order chi connectivity index (χ0) is 18.2. The number of aromatic nitrogens is 2. The Kier molecular flexibility index (Phi) is 7.84. The monoisotopic (exact) mass is 379 g/mol. The molecule has 0 aliphatic carbocycles. The molecule has 2 rings (SSSR count). The lowest BCUT2D eigenvalue weighted by atomic mass is 10.00. The van der Waals surface area contributed by atoms with Gasteiger partial charge in [-0.25, -0.2) is 0 Å². The average Bonchev–Trinajstić information content (AvgIpc) is 3.01. The standard InChI is InChI=1S/C18H25N3O2S2/c1-12(2)9-14-5-7-15(8-6-14)13(3)19-16(22)10-25-18-21-20-17(23-18)11-24-4/h5-8,12-13H,9-11H2,1-4H3,(H,19,22). The second kappa shape index (κ2) is 9.87. The highest BCUT2D eigenvalue weighted by atomic mass is 32.2. The highest BCUT2D eigenvalue weighted by molar-refractivity contribution is 7.99. The van der Waals surface area contributed by atoms with Gasteiger partial charge in [0.05, 0.1) is 17.5 Å². The van der Waals surface area contributed by atoms with Gasteiger partial charge in [-0.3, -0.25) is 4.79 Å². The van der Waals surface area contributed by atoms with Gasteiger partial charge < -0.3 is 9.73 Å². The van der Waals surface area contributed by atoms with Crippen molar-refractivity contribution in [1.82, 2.24) is 15.5 Å². The average molecular weight is 380 g/mol. The molecule has 0 saturated carbocycles. The molecule has 1 aromatic carbocycles. The number of nitrogens with zero attached hydrogens (tertiary/aromatic N) is 2. The van der Waals surface area contributed by atoms with Crippen LogP contribution in [0, 0.1) is 5.92 Å². The number of carbonyl (C=O) groups excluding carboxylic acids is 1. The van der Waals surface area contributed by atoms with Crippen LogP contribution in [0.5, 0.6) is 0 Å². The molecule has 1 amide bonds. The molecule has 2 aromatic rings. The summed E-state index contributed by atoms with van der Waals surface area (Å²) in [6, 6.07) is 8.41. The topological polar surface area (TPSA) is 68.0 Å². The summed E-state index contributed by atoms with van der Waals surface area (Å²) < 4.78 is 5.45.